The van der Waals surface area contributed by atoms with Gasteiger partial charge >= 0.3 is 0 Å². The van der Waals surface area contributed by atoms with E-state index in [0.29, 0.717) is 12.6 Å². The van der Waals surface area contributed by atoms with E-state index in [2.05, 4.69) is 4.90 Å². The molecule has 4 heteroatoms. The van der Waals surface area contributed by atoms with E-state index in [1.54, 1.807) is 0 Å². The number of nitrogens with zero attached hydrogens (tertiary/aromatic N) is 2. The second-order valence-corrected chi connectivity index (χ2v) is 5.12. The molecule has 2 rings (SSSR count). The number of ketones is 1. The minimum absolute atomic E-state index is 0.181. The van der Waals surface area contributed by atoms with E-state index < -0.39 is 0 Å². The molecule has 4 nitrogen and oxygen atoms in total. The highest BCUT2D eigenvalue weighted by atomic mass is 16.3. The molecule has 1 heterocycles. The molecule has 1 aromatic heterocycles. The lowest BCUT2D eigenvalue weighted by Gasteiger charge is -2.37. The van der Waals surface area contributed by atoms with Gasteiger partial charge in [0.1, 0.15) is 0 Å². The van der Waals surface area contributed by atoms with E-state index in [1.165, 1.54) is 19.3 Å². The van der Waals surface area contributed by atoms with Crippen LogP contribution < -0.4 is 0 Å². The molecular formula is C14H22N2O2. The zero-order valence-electron chi connectivity index (χ0n) is 11.0. The molecule has 0 bridgehead atoms. The molecule has 100 valence electrons. The van der Waals surface area contributed by atoms with Crippen molar-refractivity contribution >= 4 is 5.78 Å². The van der Waals surface area contributed by atoms with E-state index in [9.17, 15) is 4.79 Å². The van der Waals surface area contributed by atoms with Gasteiger partial charge in [-0.25, -0.2) is 0 Å². The van der Waals surface area contributed by atoms with Gasteiger partial charge in [-0.15, -0.1) is 0 Å². The Balaban J connectivity index is 1.92. The molecular weight excluding hydrogens is 228 g/mol. The van der Waals surface area contributed by atoms with Crippen LogP contribution in [0.1, 0.15) is 36.0 Å². The second-order valence-electron chi connectivity index (χ2n) is 5.12. The summed E-state index contributed by atoms with van der Waals surface area (Å²) in [5, 5.41) is 8.93. The first-order chi connectivity index (χ1) is 8.70. The van der Waals surface area contributed by atoms with Gasteiger partial charge in [0.05, 0.1) is 6.54 Å². The van der Waals surface area contributed by atoms with E-state index in [0.717, 1.165) is 18.5 Å². The molecule has 0 aliphatic heterocycles. The molecule has 0 saturated heterocycles. The fraction of sp³-hybridized carbons (Fsp3) is 0.643. The summed E-state index contributed by atoms with van der Waals surface area (Å²) in [6, 6.07) is 2.41. The molecule has 18 heavy (non-hydrogen) atoms. The number of carbonyl (C=O) groups excluding carboxylic acids is 1. The first-order valence-electron chi connectivity index (χ1n) is 6.71. The van der Waals surface area contributed by atoms with Crippen molar-refractivity contribution in [1.29, 1.82) is 0 Å². The molecule has 1 aromatic rings. The number of carbonyl (C=O) groups is 1. The molecule has 1 saturated carbocycles. The highest BCUT2D eigenvalue weighted by Crippen LogP contribution is 2.25. The lowest BCUT2D eigenvalue weighted by molar-refractivity contribution is 0.0788. The van der Waals surface area contributed by atoms with Crippen LogP contribution in [0.2, 0.25) is 0 Å². The normalized spacial score (nSPS) is 15.9. The molecule has 0 radical (unpaired) electrons. The average Bonchev–Trinajstić information content (AvgIpc) is 2.70. The molecule has 0 aromatic carbocycles. The third-order valence-corrected chi connectivity index (χ3v) is 3.70. The quantitative estimate of drug-likeness (QED) is 0.745. The lowest BCUT2D eigenvalue weighted by Crippen LogP contribution is -2.43. The Hall–Kier alpha value is -1.13. The maximum absolute atomic E-state index is 12.2. The van der Waals surface area contributed by atoms with Gasteiger partial charge < -0.3 is 9.67 Å². The number of aryl methyl sites for hydroxylation is 1. The first kappa shape index (κ1) is 13.3. The number of aromatic nitrogens is 1. The van der Waals surface area contributed by atoms with Crippen molar-refractivity contribution in [2.45, 2.75) is 31.7 Å². The molecule has 0 amide bonds. The highest BCUT2D eigenvalue weighted by molar-refractivity contribution is 5.97. The van der Waals surface area contributed by atoms with Crippen LogP contribution in [0.3, 0.4) is 0 Å². The second kappa shape index (κ2) is 6.16. The molecule has 0 atom stereocenters. The predicted octanol–water partition coefficient (Wildman–Crippen LogP) is 1.44. The molecule has 1 fully saturated rings. The third-order valence-electron chi connectivity index (χ3n) is 3.70. The number of Topliss-reactive ketones (excluding diaryl/α,β-unsaturated/α-hetero) is 1. The van der Waals surface area contributed by atoms with Crippen molar-refractivity contribution in [1.82, 2.24) is 9.47 Å². The summed E-state index contributed by atoms with van der Waals surface area (Å²) in [5.74, 6) is 0.181. The standard InChI is InChI=1S/C14H22N2O2/c1-15-8-6-12(10-15)14(18)11-16(7-3-9-17)13-4-2-5-13/h6,8,10,13,17H,2-5,7,9,11H2,1H3. The van der Waals surface area contributed by atoms with Crippen molar-refractivity contribution in [2.24, 2.45) is 7.05 Å². The van der Waals surface area contributed by atoms with Crippen LogP contribution in [0.25, 0.3) is 0 Å². The van der Waals surface area contributed by atoms with Crippen LogP contribution >= 0.6 is 0 Å². The first-order valence-corrected chi connectivity index (χ1v) is 6.71. The van der Waals surface area contributed by atoms with Crippen LogP contribution in [0.4, 0.5) is 0 Å². The minimum atomic E-state index is 0.181. The molecule has 1 N–H and O–H groups in total. The maximum Gasteiger partial charge on any atom is 0.178 e. The Morgan fingerprint density at radius 3 is 2.83 bits per heavy atom. The fourth-order valence-electron chi connectivity index (χ4n) is 2.36. The van der Waals surface area contributed by atoms with Gasteiger partial charge in [0.25, 0.3) is 0 Å². The summed E-state index contributed by atoms with van der Waals surface area (Å²) < 4.78 is 1.90. The van der Waals surface area contributed by atoms with Crippen LogP contribution in [0, 0.1) is 0 Å². The lowest BCUT2D eigenvalue weighted by atomic mass is 9.91. The molecule has 1 aliphatic rings. The van der Waals surface area contributed by atoms with Gasteiger partial charge in [0.15, 0.2) is 5.78 Å². The van der Waals surface area contributed by atoms with E-state index >= 15 is 0 Å². The summed E-state index contributed by atoms with van der Waals surface area (Å²) >= 11 is 0. The van der Waals surface area contributed by atoms with Crippen molar-refractivity contribution < 1.29 is 9.90 Å². The maximum atomic E-state index is 12.2. The molecule has 0 spiro atoms. The van der Waals surface area contributed by atoms with Crippen LogP contribution in [0.5, 0.6) is 0 Å². The summed E-state index contributed by atoms with van der Waals surface area (Å²) in [6.07, 6.45) is 8.15. The number of hydrogen-bond acceptors (Lipinski definition) is 3. The summed E-state index contributed by atoms with van der Waals surface area (Å²) in [7, 11) is 1.92. The largest absolute Gasteiger partial charge is 0.396 e. The van der Waals surface area contributed by atoms with Gasteiger partial charge in [-0.2, -0.15) is 0 Å². The summed E-state index contributed by atoms with van der Waals surface area (Å²) in [4.78, 5) is 14.4. The Bertz CT molecular complexity index is 396. The average molecular weight is 250 g/mol. The van der Waals surface area contributed by atoms with Gasteiger partial charge in [0, 0.05) is 44.2 Å². The van der Waals surface area contributed by atoms with Crippen molar-refractivity contribution in [3.8, 4) is 0 Å². The molecule has 0 unspecified atom stereocenters. The highest BCUT2D eigenvalue weighted by Gasteiger charge is 2.26. The minimum Gasteiger partial charge on any atom is -0.396 e. The number of aliphatic hydroxyl groups excluding tert-OH is 1. The van der Waals surface area contributed by atoms with Crippen LogP contribution in [-0.2, 0) is 7.05 Å². The Morgan fingerprint density at radius 1 is 1.56 bits per heavy atom. The predicted molar refractivity (Wildman–Crippen MR) is 70.7 cm³/mol. The van der Waals surface area contributed by atoms with Crippen molar-refractivity contribution in [3.05, 3.63) is 24.0 Å². The zero-order valence-corrected chi connectivity index (χ0v) is 11.0. The van der Waals surface area contributed by atoms with E-state index in [4.69, 9.17) is 5.11 Å². The topological polar surface area (TPSA) is 45.5 Å². The Kier molecular flexibility index (Phi) is 4.55. The number of aliphatic hydroxyl groups is 1. The van der Waals surface area contributed by atoms with Crippen LogP contribution in [-0.4, -0.2) is 46.1 Å². The smallest absolute Gasteiger partial charge is 0.178 e. The van der Waals surface area contributed by atoms with Crippen LogP contribution in [0.15, 0.2) is 18.5 Å². The van der Waals surface area contributed by atoms with Gasteiger partial charge in [-0.05, 0) is 25.3 Å². The van der Waals surface area contributed by atoms with E-state index in [1.807, 2.05) is 30.1 Å². The summed E-state index contributed by atoms with van der Waals surface area (Å²) in [6.45, 7) is 1.50. The summed E-state index contributed by atoms with van der Waals surface area (Å²) in [5.41, 5.74) is 0.783. The monoisotopic (exact) mass is 250 g/mol. The number of rotatable bonds is 7. The number of hydrogen-bond donors (Lipinski definition) is 1. The van der Waals surface area contributed by atoms with Gasteiger partial charge in [-0.1, -0.05) is 6.42 Å². The van der Waals surface area contributed by atoms with Crippen molar-refractivity contribution in [2.75, 3.05) is 19.7 Å². The zero-order chi connectivity index (χ0) is 13.0. The molecule has 1 aliphatic carbocycles. The van der Waals surface area contributed by atoms with E-state index in [-0.39, 0.29) is 12.4 Å². The SMILES string of the molecule is Cn1ccc(C(=O)CN(CCCO)C2CCC2)c1. The van der Waals surface area contributed by atoms with Crippen molar-refractivity contribution in [3.63, 3.8) is 0 Å². The third kappa shape index (κ3) is 3.21. The van der Waals surface area contributed by atoms with Gasteiger partial charge in [-0.3, -0.25) is 9.69 Å². The Labute approximate surface area is 108 Å². The fourth-order valence-corrected chi connectivity index (χ4v) is 2.36. The Morgan fingerprint density at radius 2 is 2.33 bits per heavy atom. The van der Waals surface area contributed by atoms with Gasteiger partial charge in [0.2, 0.25) is 0 Å².